The minimum atomic E-state index is -4.98. The van der Waals surface area contributed by atoms with E-state index < -0.39 is 47.5 Å². The van der Waals surface area contributed by atoms with Crippen LogP contribution in [0.15, 0.2) is 42.5 Å². The molecule has 0 bridgehead atoms. The predicted octanol–water partition coefficient (Wildman–Crippen LogP) is 5.02. The molecular weight excluding hydrogens is 535 g/mol. The summed E-state index contributed by atoms with van der Waals surface area (Å²) in [6.07, 6.45) is -9.28. The molecule has 0 spiro atoms. The van der Waals surface area contributed by atoms with E-state index in [0.29, 0.717) is 43.9 Å². The minimum Gasteiger partial charge on any atom is -0.379 e. The van der Waals surface area contributed by atoms with Crippen molar-refractivity contribution < 1.29 is 45.0 Å². The molecule has 2 aromatic rings. The van der Waals surface area contributed by atoms with Gasteiger partial charge in [0.2, 0.25) is 0 Å². The fourth-order valence-electron chi connectivity index (χ4n) is 4.75. The molecule has 2 amide bonds. The summed E-state index contributed by atoms with van der Waals surface area (Å²) in [7, 11) is 0. The van der Waals surface area contributed by atoms with Gasteiger partial charge in [0.25, 0.3) is 0 Å². The Morgan fingerprint density at radius 2 is 1.54 bits per heavy atom. The summed E-state index contributed by atoms with van der Waals surface area (Å²) in [5.41, 5.74) is -3.89. The molecule has 0 aromatic heterocycles. The van der Waals surface area contributed by atoms with Crippen molar-refractivity contribution in [3.63, 3.8) is 0 Å². The minimum absolute atomic E-state index is 0.0511. The largest absolute Gasteiger partial charge is 0.416 e. The van der Waals surface area contributed by atoms with Crippen LogP contribution in [0.2, 0.25) is 0 Å². The van der Waals surface area contributed by atoms with Crippen molar-refractivity contribution in [2.24, 2.45) is 0 Å². The van der Waals surface area contributed by atoms with Gasteiger partial charge in [-0.2, -0.15) is 26.3 Å². The number of nitrogens with one attached hydrogen (secondary N) is 1. The van der Waals surface area contributed by atoms with Crippen LogP contribution in [-0.4, -0.2) is 68.4 Å². The van der Waals surface area contributed by atoms with Gasteiger partial charge in [-0.25, -0.2) is 9.18 Å². The van der Waals surface area contributed by atoms with Crippen molar-refractivity contribution in [3.8, 4) is 0 Å². The van der Waals surface area contributed by atoms with E-state index >= 15 is 0 Å². The van der Waals surface area contributed by atoms with Gasteiger partial charge in [0.15, 0.2) is 0 Å². The molecule has 0 aliphatic carbocycles. The number of ether oxygens (including phenoxy) is 2. The predicted molar refractivity (Wildman–Crippen MR) is 126 cm³/mol. The van der Waals surface area contributed by atoms with Crippen LogP contribution in [0.3, 0.4) is 0 Å². The number of urea groups is 1. The third kappa shape index (κ3) is 7.40. The van der Waals surface area contributed by atoms with Crippen molar-refractivity contribution in [1.82, 2.24) is 15.1 Å². The average Bonchev–Trinajstić information content (AvgIpc) is 3.20. The monoisotopic (exact) mass is 563 g/mol. The summed E-state index contributed by atoms with van der Waals surface area (Å²) < 4.78 is 104. The maximum absolute atomic E-state index is 13.6. The summed E-state index contributed by atoms with van der Waals surface area (Å²) in [5, 5.41) is 2.85. The van der Waals surface area contributed by atoms with Crippen LogP contribution in [0.25, 0.3) is 0 Å². The van der Waals surface area contributed by atoms with Crippen LogP contribution < -0.4 is 5.32 Å². The third-order valence-electron chi connectivity index (χ3n) is 6.76. The third-order valence-corrected chi connectivity index (χ3v) is 6.76. The second kappa shape index (κ2) is 11.7. The number of nitrogens with zero attached hydrogens (tertiary/aromatic N) is 2. The molecule has 1 atom stereocenters. The average molecular weight is 564 g/mol. The van der Waals surface area contributed by atoms with Crippen molar-refractivity contribution in [2.75, 3.05) is 52.5 Å². The summed E-state index contributed by atoms with van der Waals surface area (Å²) in [6, 6.07) is 6.18. The van der Waals surface area contributed by atoms with Crippen molar-refractivity contribution in [3.05, 3.63) is 70.5 Å². The Bertz CT molecular complexity index is 1100. The number of alkyl halides is 6. The zero-order valence-corrected chi connectivity index (χ0v) is 20.9. The smallest absolute Gasteiger partial charge is 0.379 e. The molecule has 2 fully saturated rings. The van der Waals surface area contributed by atoms with Gasteiger partial charge in [0.05, 0.1) is 44.1 Å². The molecule has 2 saturated heterocycles. The summed E-state index contributed by atoms with van der Waals surface area (Å²) in [5.74, 6) is -0.509. The zero-order chi connectivity index (χ0) is 28.3. The summed E-state index contributed by atoms with van der Waals surface area (Å²) in [6.45, 7) is 3.34. The molecule has 214 valence electrons. The Hall–Kier alpha value is -2.90. The number of carbonyl (C=O) groups excluding carboxylic acids is 1. The number of hydrogen-bond acceptors (Lipinski definition) is 4. The fourth-order valence-corrected chi connectivity index (χ4v) is 4.75. The van der Waals surface area contributed by atoms with E-state index in [1.807, 2.05) is 0 Å². The van der Waals surface area contributed by atoms with E-state index in [9.17, 15) is 35.5 Å². The molecule has 2 heterocycles. The molecule has 0 saturated carbocycles. The Morgan fingerprint density at radius 1 is 0.923 bits per heavy atom. The number of halogens is 7. The lowest BCUT2D eigenvalue weighted by molar-refractivity contribution is -0.143. The molecular formula is C26H28F7N3O3. The number of rotatable bonds is 9. The fraction of sp³-hybridized carbons (Fsp3) is 0.500. The lowest BCUT2D eigenvalue weighted by Crippen LogP contribution is -2.44. The Balaban J connectivity index is 1.48. The molecule has 4 rings (SSSR count). The lowest BCUT2D eigenvalue weighted by atomic mass is 9.91. The highest BCUT2D eigenvalue weighted by atomic mass is 19.4. The van der Waals surface area contributed by atoms with Gasteiger partial charge in [-0.05, 0) is 47.9 Å². The first kappa shape index (κ1) is 29.1. The highest BCUT2D eigenvalue weighted by Gasteiger charge is 2.44. The van der Waals surface area contributed by atoms with E-state index in [4.69, 9.17) is 9.47 Å². The first-order chi connectivity index (χ1) is 18.4. The standard InChI is InChI=1S/C26H28F7N3O3/c27-22-4-2-19(3-5-22)24(16-36(23(37)34-24)7-1-6-35-8-10-38-11-9-35)17-39-15-18-12-20(25(28,29)30)14-21(13-18)26(31,32)33/h2-5,12-14H,1,6-11,15-17H2,(H,34,37). The number of amides is 2. The van der Waals surface area contributed by atoms with Crippen LogP contribution in [-0.2, 0) is 34.0 Å². The van der Waals surface area contributed by atoms with Gasteiger partial charge in [0.1, 0.15) is 11.4 Å². The van der Waals surface area contributed by atoms with Gasteiger partial charge in [-0.15, -0.1) is 0 Å². The highest BCUT2D eigenvalue weighted by Crippen LogP contribution is 2.37. The normalized spacial score (nSPS) is 20.9. The van der Waals surface area contributed by atoms with Crippen LogP contribution in [0.4, 0.5) is 35.5 Å². The number of morpholine rings is 1. The van der Waals surface area contributed by atoms with Gasteiger partial charge >= 0.3 is 18.4 Å². The van der Waals surface area contributed by atoms with E-state index in [2.05, 4.69) is 10.2 Å². The number of benzene rings is 2. The zero-order valence-electron chi connectivity index (χ0n) is 20.9. The maximum Gasteiger partial charge on any atom is 0.416 e. The van der Waals surface area contributed by atoms with Crippen molar-refractivity contribution in [2.45, 2.75) is 30.9 Å². The van der Waals surface area contributed by atoms with Gasteiger partial charge in [-0.3, -0.25) is 4.90 Å². The first-order valence-corrected chi connectivity index (χ1v) is 12.4. The quantitative estimate of drug-likeness (QED) is 0.436. The molecule has 39 heavy (non-hydrogen) atoms. The lowest BCUT2D eigenvalue weighted by Gasteiger charge is -2.30. The molecule has 1 N–H and O–H groups in total. The van der Waals surface area contributed by atoms with E-state index in [0.717, 1.165) is 19.6 Å². The SMILES string of the molecule is O=C1NC(COCc2cc(C(F)(F)F)cc(C(F)(F)F)c2)(c2ccc(F)cc2)CN1CCCN1CCOCC1. The van der Waals surface area contributed by atoms with Gasteiger partial charge in [0, 0.05) is 26.2 Å². The van der Waals surface area contributed by atoms with E-state index in [1.54, 1.807) is 4.90 Å². The van der Waals surface area contributed by atoms with E-state index in [-0.39, 0.29) is 24.8 Å². The number of carbonyl (C=O) groups is 1. The molecule has 1 unspecified atom stereocenters. The second-order valence-corrected chi connectivity index (χ2v) is 9.66. The maximum atomic E-state index is 13.6. The van der Waals surface area contributed by atoms with E-state index in [1.165, 1.54) is 24.3 Å². The van der Waals surface area contributed by atoms with Crippen LogP contribution in [0.1, 0.15) is 28.7 Å². The molecule has 2 aliphatic rings. The summed E-state index contributed by atoms with van der Waals surface area (Å²) >= 11 is 0. The topological polar surface area (TPSA) is 54.0 Å². The molecule has 6 nitrogen and oxygen atoms in total. The first-order valence-electron chi connectivity index (χ1n) is 12.4. The van der Waals surface area contributed by atoms with Crippen molar-refractivity contribution >= 4 is 6.03 Å². The van der Waals surface area contributed by atoms with Crippen LogP contribution in [0, 0.1) is 5.82 Å². The molecule has 2 aliphatic heterocycles. The molecule has 2 aromatic carbocycles. The Kier molecular flexibility index (Phi) is 8.72. The molecule has 0 radical (unpaired) electrons. The molecule has 13 heteroatoms. The van der Waals surface area contributed by atoms with Gasteiger partial charge < -0.3 is 19.7 Å². The van der Waals surface area contributed by atoms with Gasteiger partial charge in [-0.1, -0.05) is 12.1 Å². The summed E-state index contributed by atoms with van der Waals surface area (Å²) in [4.78, 5) is 16.6. The number of hydrogen-bond donors (Lipinski definition) is 1. The Morgan fingerprint density at radius 3 is 2.13 bits per heavy atom. The van der Waals surface area contributed by atoms with Crippen LogP contribution >= 0.6 is 0 Å². The van der Waals surface area contributed by atoms with Crippen molar-refractivity contribution in [1.29, 1.82) is 0 Å². The highest BCUT2D eigenvalue weighted by molar-refractivity contribution is 5.78. The van der Waals surface area contributed by atoms with Crippen LogP contribution in [0.5, 0.6) is 0 Å². The second-order valence-electron chi connectivity index (χ2n) is 9.66. The Labute approximate surface area is 220 Å².